The molecule has 138 valence electrons. The monoisotopic (exact) mass is 359 g/mol. The number of nitrogens with zero attached hydrogens (tertiary/aromatic N) is 3. The number of hydrogen-bond donors (Lipinski definition) is 2. The molecule has 1 atom stereocenters. The molecule has 3 rings (SSSR count). The topological polar surface area (TPSA) is 81.3 Å². The minimum absolute atomic E-state index is 0.223. The van der Waals surface area contributed by atoms with Gasteiger partial charge in [0.15, 0.2) is 0 Å². The van der Waals surface area contributed by atoms with Crippen LogP contribution in [0.25, 0.3) is 0 Å². The number of carbonyl (C=O) groups is 1. The van der Waals surface area contributed by atoms with E-state index in [1.807, 2.05) is 11.9 Å². The van der Waals surface area contributed by atoms with Crippen LogP contribution in [-0.2, 0) is 0 Å². The van der Waals surface area contributed by atoms with Gasteiger partial charge in [-0.2, -0.15) is 0 Å². The predicted molar refractivity (Wildman–Crippen MR) is 96.8 cm³/mol. The second-order valence-electron chi connectivity index (χ2n) is 6.49. The maximum absolute atomic E-state index is 13.3. The number of H-pyrrole nitrogens is 1. The van der Waals surface area contributed by atoms with Gasteiger partial charge in [0.25, 0.3) is 11.5 Å². The van der Waals surface area contributed by atoms with E-state index in [1.165, 1.54) is 30.3 Å². The Hall–Kier alpha value is -2.74. The number of aromatic nitrogens is 2. The van der Waals surface area contributed by atoms with E-state index in [9.17, 15) is 14.0 Å². The van der Waals surface area contributed by atoms with Crippen LogP contribution in [0.2, 0.25) is 0 Å². The van der Waals surface area contributed by atoms with Gasteiger partial charge >= 0.3 is 0 Å². The molecule has 0 saturated carbocycles. The zero-order valence-electron chi connectivity index (χ0n) is 14.8. The maximum atomic E-state index is 13.3. The summed E-state index contributed by atoms with van der Waals surface area (Å²) in [7, 11) is 2.05. The van der Waals surface area contributed by atoms with Gasteiger partial charge < -0.3 is 15.1 Å². The summed E-state index contributed by atoms with van der Waals surface area (Å²) in [6.45, 7) is 5.06. The highest BCUT2D eigenvalue weighted by molar-refractivity contribution is 5.94. The van der Waals surface area contributed by atoms with Crippen LogP contribution < -0.4 is 15.8 Å². The Labute approximate surface area is 150 Å². The van der Waals surface area contributed by atoms with Crippen LogP contribution in [-0.4, -0.2) is 54.0 Å². The molecule has 26 heavy (non-hydrogen) atoms. The SMILES string of the molecule is C[C@H](NC(=O)c1cccc(F)c1)c1cc(=O)[nH]c(N2CCN(C)CC2)n1. The fourth-order valence-corrected chi connectivity index (χ4v) is 2.84. The van der Waals surface area contributed by atoms with Crippen LogP contribution in [0.3, 0.4) is 0 Å². The number of halogens is 1. The van der Waals surface area contributed by atoms with Crippen LogP contribution >= 0.6 is 0 Å². The van der Waals surface area contributed by atoms with Gasteiger partial charge in [-0.1, -0.05) is 6.07 Å². The lowest BCUT2D eigenvalue weighted by Gasteiger charge is -2.32. The molecule has 0 radical (unpaired) electrons. The summed E-state index contributed by atoms with van der Waals surface area (Å²) in [6.07, 6.45) is 0. The van der Waals surface area contributed by atoms with Gasteiger partial charge in [-0.15, -0.1) is 0 Å². The van der Waals surface area contributed by atoms with Gasteiger partial charge in [0.05, 0.1) is 11.7 Å². The molecule has 2 aromatic rings. The first-order valence-corrected chi connectivity index (χ1v) is 8.53. The molecule has 0 bridgehead atoms. The Kier molecular flexibility index (Phi) is 5.32. The molecule has 1 saturated heterocycles. The van der Waals surface area contributed by atoms with Crippen molar-refractivity contribution in [3.05, 3.63) is 57.8 Å². The zero-order valence-corrected chi connectivity index (χ0v) is 14.8. The Morgan fingerprint density at radius 1 is 1.27 bits per heavy atom. The molecule has 1 amide bonds. The number of amides is 1. The summed E-state index contributed by atoms with van der Waals surface area (Å²) in [5, 5.41) is 2.76. The van der Waals surface area contributed by atoms with Crippen molar-refractivity contribution in [2.45, 2.75) is 13.0 Å². The first kappa shape index (κ1) is 18.1. The highest BCUT2D eigenvalue weighted by Gasteiger charge is 2.19. The summed E-state index contributed by atoms with van der Waals surface area (Å²) in [5.74, 6) is -0.385. The third kappa shape index (κ3) is 4.26. The Morgan fingerprint density at radius 3 is 2.69 bits per heavy atom. The molecule has 0 spiro atoms. The van der Waals surface area contributed by atoms with Gasteiger partial charge in [-0.05, 0) is 32.2 Å². The fraction of sp³-hybridized carbons (Fsp3) is 0.389. The van der Waals surface area contributed by atoms with E-state index in [0.29, 0.717) is 11.6 Å². The molecule has 8 heteroatoms. The van der Waals surface area contributed by atoms with E-state index in [2.05, 4.69) is 20.2 Å². The van der Waals surface area contributed by atoms with Gasteiger partial charge in [-0.3, -0.25) is 14.6 Å². The molecule has 1 aromatic carbocycles. The number of anilines is 1. The molecule has 0 aliphatic carbocycles. The molecular weight excluding hydrogens is 337 g/mol. The summed E-state index contributed by atoms with van der Waals surface area (Å²) < 4.78 is 13.3. The van der Waals surface area contributed by atoms with E-state index >= 15 is 0 Å². The lowest BCUT2D eigenvalue weighted by molar-refractivity contribution is 0.0938. The van der Waals surface area contributed by atoms with E-state index in [-0.39, 0.29) is 11.1 Å². The van der Waals surface area contributed by atoms with Gasteiger partial charge in [0.1, 0.15) is 5.82 Å². The number of nitrogens with one attached hydrogen (secondary N) is 2. The molecule has 2 heterocycles. The zero-order chi connectivity index (χ0) is 18.7. The van der Waals surface area contributed by atoms with Crippen LogP contribution in [0.5, 0.6) is 0 Å². The maximum Gasteiger partial charge on any atom is 0.252 e. The van der Waals surface area contributed by atoms with Crippen molar-refractivity contribution >= 4 is 11.9 Å². The second-order valence-corrected chi connectivity index (χ2v) is 6.49. The number of aromatic amines is 1. The van der Waals surface area contributed by atoms with Gasteiger partial charge in [0.2, 0.25) is 5.95 Å². The second kappa shape index (κ2) is 7.65. The van der Waals surface area contributed by atoms with Crippen molar-refractivity contribution in [2.24, 2.45) is 0 Å². The first-order chi connectivity index (χ1) is 12.4. The summed E-state index contributed by atoms with van der Waals surface area (Å²) in [6, 6.07) is 6.34. The third-order valence-electron chi connectivity index (χ3n) is 4.43. The molecule has 0 unspecified atom stereocenters. The normalized spacial score (nSPS) is 16.3. The highest BCUT2D eigenvalue weighted by atomic mass is 19.1. The Bertz CT molecular complexity index is 845. The number of rotatable bonds is 4. The van der Waals surface area contributed by atoms with Crippen molar-refractivity contribution in [3.8, 4) is 0 Å². The summed E-state index contributed by atoms with van der Waals surface area (Å²) in [5.41, 5.74) is 0.421. The molecule has 2 N–H and O–H groups in total. The molecule has 7 nitrogen and oxygen atoms in total. The summed E-state index contributed by atoms with van der Waals surface area (Å²) >= 11 is 0. The largest absolute Gasteiger partial charge is 0.344 e. The van der Waals surface area contributed by atoms with E-state index < -0.39 is 17.8 Å². The van der Waals surface area contributed by atoms with E-state index in [1.54, 1.807) is 6.92 Å². The number of likely N-dealkylation sites (N-methyl/N-ethyl adjacent to an activating group) is 1. The lowest BCUT2D eigenvalue weighted by atomic mass is 10.1. The third-order valence-corrected chi connectivity index (χ3v) is 4.43. The predicted octanol–water partition coefficient (Wildman–Crippen LogP) is 1.15. The lowest BCUT2D eigenvalue weighted by Crippen LogP contribution is -2.45. The van der Waals surface area contributed by atoms with Crippen molar-refractivity contribution < 1.29 is 9.18 Å². The standard InChI is InChI=1S/C18H22FN5O2/c1-12(20-17(26)13-4-3-5-14(19)10-13)15-11-16(25)22-18(21-15)24-8-6-23(2)7-9-24/h3-5,10-12H,6-9H2,1-2H3,(H,20,26)(H,21,22,25)/t12-/m0/s1. The van der Waals surface area contributed by atoms with Gasteiger partial charge in [0, 0.05) is 37.8 Å². The quantitative estimate of drug-likeness (QED) is 0.856. The van der Waals surface area contributed by atoms with Crippen LogP contribution in [0.4, 0.5) is 10.3 Å². The van der Waals surface area contributed by atoms with E-state index in [4.69, 9.17) is 0 Å². The first-order valence-electron chi connectivity index (χ1n) is 8.53. The molecule has 1 aliphatic rings. The van der Waals surface area contributed by atoms with Crippen molar-refractivity contribution in [1.29, 1.82) is 0 Å². The molecule has 1 aromatic heterocycles. The fourth-order valence-electron chi connectivity index (χ4n) is 2.84. The van der Waals surface area contributed by atoms with E-state index in [0.717, 1.165) is 26.2 Å². The number of hydrogen-bond acceptors (Lipinski definition) is 5. The van der Waals surface area contributed by atoms with Gasteiger partial charge in [-0.25, -0.2) is 9.37 Å². The number of carbonyl (C=O) groups excluding carboxylic acids is 1. The Morgan fingerprint density at radius 2 is 2.00 bits per heavy atom. The summed E-state index contributed by atoms with van der Waals surface area (Å²) in [4.78, 5) is 35.8. The highest BCUT2D eigenvalue weighted by Crippen LogP contribution is 2.14. The van der Waals surface area contributed by atoms with Crippen LogP contribution in [0.1, 0.15) is 29.0 Å². The van der Waals surface area contributed by atoms with Crippen LogP contribution in [0, 0.1) is 5.82 Å². The van der Waals surface area contributed by atoms with Crippen molar-refractivity contribution in [2.75, 3.05) is 38.1 Å². The average molecular weight is 359 g/mol. The average Bonchev–Trinajstić information content (AvgIpc) is 2.61. The molecular formula is C18H22FN5O2. The molecule has 1 fully saturated rings. The smallest absolute Gasteiger partial charge is 0.252 e. The number of benzene rings is 1. The van der Waals surface area contributed by atoms with Crippen LogP contribution in [0.15, 0.2) is 35.1 Å². The van der Waals surface area contributed by atoms with Crippen molar-refractivity contribution in [3.63, 3.8) is 0 Å². The number of piperazine rings is 1. The minimum Gasteiger partial charge on any atom is -0.344 e. The molecule has 1 aliphatic heterocycles. The van der Waals surface area contributed by atoms with Crippen molar-refractivity contribution in [1.82, 2.24) is 20.2 Å². The Balaban J connectivity index is 1.75. The minimum atomic E-state index is -0.487.